The van der Waals surface area contributed by atoms with Gasteiger partial charge in [-0.3, -0.25) is 14.3 Å². The number of carbonyl (C=O) groups excluding carboxylic acids is 1. The number of para-hydroxylation sites is 1. The molecule has 0 radical (unpaired) electrons. The van der Waals surface area contributed by atoms with Gasteiger partial charge in [-0.25, -0.2) is 4.98 Å². The summed E-state index contributed by atoms with van der Waals surface area (Å²) < 4.78 is 13.1. The lowest BCUT2D eigenvalue weighted by Gasteiger charge is -2.34. The molecule has 9 nitrogen and oxygen atoms in total. The fraction of sp³-hybridized carbons (Fsp3) is 0.273. The van der Waals surface area contributed by atoms with E-state index in [9.17, 15) is 4.79 Å². The summed E-state index contributed by atoms with van der Waals surface area (Å²) in [5.74, 6) is 3.09. The van der Waals surface area contributed by atoms with Gasteiger partial charge in [-0.1, -0.05) is 66.4 Å². The molecule has 1 saturated heterocycles. The quantitative estimate of drug-likeness (QED) is 0.196. The Bertz CT molecular complexity index is 1760. The molecule has 11 heteroatoms. The third-order valence-corrected chi connectivity index (χ3v) is 9.83. The van der Waals surface area contributed by atoms with Gasteiger partial charge in [0.15, 0.2) is 16.7 Å². The molecule has 0 aliphatic carbocycles. The lowest BCUT2D eigenvalue weighted by Crippen LogP contribution is -2.48. The first kappa shape index (κ1) is 28.6. The van der Waals surface area contributed by atoms with Gasteiger partial charge in [0, 0.05) is 44.5 Å². The Kier molecular flexibility index (Phi) is 8.32. The fourth-order valence-electron chi connectivity index (χ4n) is 5.51. The molecular formula is C33H32N6O3S2. The second-order valence-corrected chi connectivity index (χ2v) is 12.7. The largest absolute Gasteiger partial charge is 0.454 e. The van der Waals surface area contributed by atoms with Gasteiger partial charge in [0.2, 0.25) is 6.79 Å². The van der Waals surface area contributed by atoms with Gasteiger partial charge in [0.05, 0.1) is 11.4 Å². The number of amides is 1. The van der Waals surface area contributed by atoms with Gasteiger partial charge in [-0.2, -0.15) is 0 Å². The highest BCUT2D eigenvalue weighted by molar-refractivity contribution is 7.98. The number of fused-ring (bicyclic) bond motifs is 1. The molecule has 2 aliphatic heterocycles. The molecular weight excluding hydrogens is 593 g/mol. The Balaban J connectivity index is 0.982. The van der Waals surface area contributed by atoms with Gasteiger partial charge in [-0.15, -0.1) is 21.5 Å². The van der Waals surface area contributed by atoms with E-state index in [4.69, 9.17) is 14.5 Å². The van der Waals surface area contributed by atoms with Crippen LogP contribution in [-0.4, -0.2) is 68.4 Å². The van der Waals surface area contributed by atoms with Gasteiger partial charge >= 0.3 is 0 Å². The van der Waals surface area contributed by atoms with E-state index in [1.54, 1.807) is 11.8 Å². The van der Waals surface area contributed by atoms with E-state index < -0.39 is 0 Å². The van der Waals surface area contributed by atoms with Crippen molar-refractivity contribution in [1.82, 2.24) is 29.5 Å². The van der Waals surface area contributed by atoms with Crippen molar-refractivity contribution in [3.05, 3.63) is 111 Å². The number of benzene rings is 3. The Morgan fingerprint density at radius 3 is 2.55 bits per heavy atom. The third kappa shape index (κ3) is 6.21. The number of aromatic nitrogens is 4. The molecule has 7 rings (SSSR count). The molecule has 44 heavy (non-hydrogen) atoms. The van der Waals surface area contributed by atoms with Crippen molar-refractivity contribution in [1.29, 1.82) is 0 Å². The van der Waals surface area contributed by atoms with Crippen LogP contribution in [0.15, 0.2) is 83.3 Å². The minimum absolute atomic E-state index is 0.00606. The van der Waals surface area contributed by atoms with Gasteiger partial charge in [0.1, 0.15) is 16.5 Å². The van der Waals surface area contributed by atoms with Crippen LogP contribution in [0, 0.1) is 6.92 Å². The van der Waals surface area contributed by atoms with Crippen LogP contribution in [0.1, 0.15) is 38.0 Å². The van der Waals surface area contributed by atoms with Crippen molar-refractivity contribution in [3.8, 4) is 17.2 Å². The molecule has 2 aromatic heterocycles. The molecule has 0 spiro atoms. The Morgan fingerprint density at radius 1 is 0.909 bits per heavy atom. The molecule has 1 amide bonds. The summed E-state index contributed by atoms with van der Waals surface area (Å²) in [5, 5.41) is 12.7. The van der Waals surface area contributed by atoms with Crippen LogP contribution >= 0.6 is 23.1 Å². The highest BCUT2D eigenvalue weighted by atomic mass is 32.2. The smallest absolute Gasteiger partial charge is 0.273 e. The summed E-state index contributed by atoms with van der Waals surface area (Å²) in [6, 6.07) is 24.7. The maximum Gasteiger partial charge on any atom is 0.273 e. The van der Waals surface area contributed by atoms with Gasteiger partial charge < -0.3 is 14.4 Å². The topological polar surface area (TPSA) is 85.6 Å². The number of hydrogen-bond acceptors (Lipinski definition) is 9. The molecule has 1 fully saturated rings. The highest BCUT2D eigenvalue weighted by Crippen LogP contribution is 2.33. The van der Waals surface area contributed by atoms with Crippen molar-refractivity contribution in [2.45, 2.75) is 30.8 Å². The first-order chi connectivity index (χ1) is 21.6. The van der Waals surface area contributed by atoms with Gasteiger partial charge in [-0.05, 0) is 41.8 Å². The second-order valence-electron chi connectivity index (χ2n) is 10.9. The number of thioether (sulfide) groups is 1. The molecule has 0 unspecified atom stereocenters. The van der Waals surface area contributed by atoms with Crippen LogP contribution in [0.5, 0.6) is 11.5 Å². The lowest BCUT2D eigenvalue weighted by atomic mass is 10.1. The Hall–Kier alpha value is -4.19. The first-order valence-corrected chi connectivity index (χ1v) is 16.5. The predicted octanol–water partition coefficient (Wildman–Crippen LogP) is 5.60. The summed E-state index contributed by atoms with van der Waals surface area (Å²) >= 11 is 3.11. The number of thiazole rings is 1. The molecule has 5 aromatic rings. The minimum atomic E-state index is -0.00606. The highest BCUT2D eigenvalue weighted by Gasteiger charge is 2.25. The van der Waals surface area contributed by atoms with Crippen molar-refractivity contribution >= 4 is 29.0 Å². The minimum Gasteiger partial charge on any atom is -0.454 e. The SMILES string of the molecule is Cc1ccccc1-n1c(Cc2ccccc2)nnc1SCc1nc(C(=O)N2CCN(Cc3ccc4c(c3)OCO4)CC2)cs1. The summed E-state index contributed by atoms with van der Waals surface area (Å²) in [7, 11) is 0. The molecule has 0 atom stereocenters. The standard InChI is InChI=1S/C33H32N6O3S2/c1-23-7-5-6-10-27(23)39-30(18-24-8-3-2-4-9-24)35-36-33(39)44-21-31-34-26(20-43-31)32(40)38-15-13-37(14-16-38)19-25-11-12-28-29(17-25)42-22-41-28/h2-12,17,20H,13-16,18-19,21-22H2,1H3. The fourth-order valence-corrected chi connectivity index (χ4v) is 7.26. The van der Waals surface area contributed by atoms with E-state index in [0.717, 1.165) is 58.4 Å². The van der Waals surface area contributed by atoms with Crippen LogP contribution in [0.3, 0.4) is 0 Å². The van der Waals surface area contributed by atoms with Crippen LogP contribution in [0.4, 0.5) is 0 Å². The normalized spacial score (nSPS) is 14.7. The molecule has 3 aromatic carbocycles. The number of carbonyl (C=O) groups is 1. The van der Waals surface area contributed by atoms with E-state index in [-0.39, 0.29) is 12.7 Å². The van der Waals surface area contributed by atoms with E-state index in [1.165, 1.54) is 22.5 Å². The van der Waals surface area contributed by atoms with E-state index in [2.05, 4.69) is 56.9 Å². The average Bonchev–Trinajstić information content (AvgIpc) is 3.81. The van der Waals surface area contributed by atoms with Crippen LogP contribution in [0.2, 0.25) is 0 Å². The summed E-state index contributed by atoms with van der Waals surface area (Å²) in [6.07, 6.45) is 0.683. The van der Waals surface area contributed by atoms with Gasteiger partial charge in [0.25, 0.3) is 5.91 Å². The third-order valence-electron chi connectivity index (χ3n) is 7.86. The summed E-state index contributed by atoms with van der Waals surface area (Å²) in [5.41, 5.74) is 5.10. The van der Waals surface area contributed by atoms with Crippen molar-refractivity contribution in [2.24, 2.45) is 0 Å². The van der Waals surface area contributed by atoms with Crippen molar-refractivity contribution in [3.63, 3.8) is 0 Å². The number of aryl methyl sites for hydroxylation is 1. The number of rotatable bonds is 9. The zero-order valence-electron chi connectivity index (χ0n) is 24.4. The monoisotopic (exact) mass is 624 g/mol. The molecule has 4 heterocycles. The van der Waals surface area contributed by atoms with E-state index >= 15 is 0 Å². The average molecular weight is 625 g/mol. The van der Waals surface area contributed by atoms with Crippen LogP contribution in [0.25, 0.3) is 5.69 Å². The maximum atomic E-state index is 13.3. The number of piperazine rings is 1. The number of nitrogens with zero attached hydrogens (tertiary/aromatic N) is 6. The molecule has 224 valence electrons. The van der Waals surface area contributed by atoms with E-state index in [0.29, 0.717) is 31.0 Å². The number of ether oxygens (including phenoxy) is 2. The predicted molar refractivity (Wildman–Crippen MR) is 171 cm³/mol. The van der Waals surface area contributed by atoms with Crippen molar-refractivity contribution < 1.29 is 14.3 Å². The van der Waals surface area contributed by atoms with Crippen LogP contribution in [-0.2, 0) is 18.7 Å². The van der Waals surface area contributed by atoms with Crippen molar-refractivity contribution in [2.75, 3.05) is 33.0 Å². The first-order valence-electron chi connectivity index (χ1n) is 14.6. The zero-order valence-corrected chi connectivity index (χ0v) is 26.0. The second kappa shape index (κ2) is 12.8. The Morgan fingerprint density at radius 2 is 1.70 bits per heavy atom. The summed E-state index contributed by atoms with van der Waals surface area (Å²) in [4.78, 5) is 22.3. The molecule has 0 N–H and O–H groups in total. The molecule has 0 saturated carbocycles. The number of hydrogen-bond donors (Lipinski definition) is 0. The summed E-state index contributed by atoms with van der Waals surface area (Å²) in [6.45, 7) is 6.17. The zero-order chi connectivity index (χ0) is 29.9. The Labute approximate surface area is 264 Å². The molecule has 0 bridgehead atoms. The maximum absolute atomic E-state index is 13.3. The van der Waals surface area contributed by atoms with E-state index in [1.807, 2.05) is 52.7 Å². The molecule has 2 aliphatic rings. The lowest BCUT2D eigenvalue weighted by molar-refractivity contribution is 0.0623. The van der Waals surface area contributed by atoms with Crippen LogP contribution < -0.4 is 9.47 Å².